The second-order valence-electron chi connectivity index (χ2n) is 9.14. The van der Waals surface area contributed by atoms with Crippen LogP contribution in [-0.2, 0) is 18.5 Å². The summed E-state index contributed by atoms with van der Waals surface area (Å²) in [6, 6.07) is 23.2. The highest BCUT2D eigenvalue weighted by molar-refractivity contribution is 8.33. The van der Waals surface area contributed by atoms with Crippen LogP contribution in [0.5, 0.6) is 5.75 Å². The van der Waals surface area contributed by atoms with Crippen LogP contribution in [-0.4, -0.2) is 55.8 Å². The van der Waals surface area contributed by atoms with Gasteiger partial charge in [-0.2, -0.15) is 8.42 Å². The summed E-state index contributed by atoms with van der Waals surface area (Å²) in [4.78, 5) is 6.32. The van der Waals surface area contributed by atoms with Gasteiger partial charge in [0.15, 0.2) is 6.29 Å². The van der Waals surface area contributed by atoms with E-state index >= 15 is 0 Å². The molecule has 0 aromatic heterocycles. The zero-order valence-corrected chi connectivity index (χ0v) is 23.0. The molecule has 0 bridgehead atoms. The van der Waals surface area contributed by atoms with Gasteiger partial charge in [0.25, 0.3) is 10.1 Å². The molecule has 194 valence electrons. The maximum Gasteiger partial charge on any atom is 0.274 e. The van der Waals surface area contributed by atoms with Gasteiger partial charge < -0.3 is 19.3 Å². The number of nitrogens with zero attached hydrogens (tertiary/aromatic N) is 2. The third kappa shape index (κ3) is 5.81. The zero-order valence-electron chi connectivity index (χ0n) is 21.4. The van der Waals surface area contributed by atoms with E-state index in [4.69, 9.17) is 13.1 Å². The van der Waals surface area contributed by atoms with Crippen molar-refractivity contribution >= 4 is 31.8 Å². The molecule has 7 nitrogen and oxygen atoms in total. The van der Waals surface area contributed by atoms with E-state index in [0.717, 1.165) is 45.2 Å². The van der Waals surface area contributed by atoms with Crippen LogP contribution in [0, 0.1) is 0 Å². The molecule has 9 heteroatoms. The van der Waals surface area contributed by atoms with Gasteiger partial charge in [0.1, 0.15) is 5.75 Å². The van der Waals surface area contributed by atoms with Gasteiger partial charge in [-0.3, -0.25) is 0 Å². The summed E-state index contributed by atoms with van der Waals surface area (Å²) >= 11 is 0. The minimum atomic E-state index is -3.84. The summed E-state index contributed by atoms with van der Waals surface area (Å²) in [5.74, 6) is 0.671. The Balaban J connectivity index is 1.87. The van der Waals surface area contributed by atoms with Crippen molar-refractivity contribution < 1.29 is 21.5 Å². The Morgan fingerprint density at radius 1 is 0.750 bits per heavy atom. The average Bonchev–Trinajstić information content (AvgIpc) is 3.36. The Morgan fingerprint density at radius 2 is 1.19 bits per heavy atom. The molecule has 0 saturated carbocycles. The summed E-state index contributed by atoms with van der Waals surface area (Å²) in [5, 5.41) is 0. The van der Waals surface area contributed by atoms with Gasteiger partial charge in [-0.15, -0.1) is 0 Å². The van der Waals surface area contributed by atoms with E-state index in [-0.39, 0.29) is 6.29 Å². The SMILES string of the molecule is CN(C)c1ccc(S(OS(C)(=O)=O)(c2ccc(OC3CCCO3)cc2)c2ccc(N(C)C)cc2)cc1. The molecule has 1 unspecified atom stereocenters. The largest absolute Gasteiger partial charge is 0.465 e. The van der Waals surface area contributed by atoms with E-state index in [1.165, 1.54) is 0 Å². The van der Waals surface area contributed by atoms with Gasteiger partial charge in [-0.25, -0.2) is 3.63 Å². The summed E-state index contributed by atoms with van der Waals surface area (Å²) in [6.45, 7) is 0.699. The normalized spacial score (nSPS) is 16.5. The van der Waals surface area contributed by atoms with Gasteiger partial charge in [0.05, 0.1) is 12.9 Å². The molecule has 0 radical (unpaired) electrons. The average molecular weight is 531 g/mol. The molecule has 36 heavy (non-hydrogen) atoms. The van der Waals surface area contributed by atoms with Crippen molar-refractivity contribution in [3.05, 3.63) is 72.8 Å². The predicted molar refractivity (Wildman–Crippen MR) is 146 cm³/mol. The summed E-state index contributed by atoms with van der Waals surface area (Å²) < 4.78 is 43.2. The highest BCUT2D eigenvalue weighted by atomic mass is 32.3. The Labute approximate surface area is 216 Å². The maximum atomic E-state index is 12.8. The van der Waals surface area contributed by atoms with Crippen molar-refractivity contribution in [2.45, 2.75) is 33.8 Å². The molecule has 1 saturated heterocycles. The quantitative estimate of drug-likeness (QED) is 0.362. The molecule has 4 rings (SSSR count). The first kappa shape index (κ1) is 26.3. The third-order valence-electron chi connectivity index (χ3n) is 5.91. The highest BCUT2D eigenvalue weighted by Gasteiger charge is 2.36. The Hall–Kier alpha value is -2.72. The molecule has 0 amide bonds. The number of rotatable bonds is 9. The standard InChI is InChI=1S/C27H34N2O5S2/c1-28(2)21-8-14-24(15-9-21)36(34-35(5,30)31,25-16-10-22(11-17-25)29(3)4)26-18-12-23(13-19-26)33-27-7-6-20-32-27/h8-19,27H,6-7,20H2,1-5H3. The molecular weight excluding hydrogens is 496 g/mol. The second-order valence-corrected chi connectivity index (χ2v) is 13.6. The molecular formula is C27H34N2O5S2. The topological polar surface area (TPSA) is 68.3 Å². The van der Waals surface area contributed by atoms with Crippen molar-refractivity contribution in [1.29, 1.82) is 0 Å². The van der Waals surface area contributed by atoms with E-state index in [2.05, 4.69) is 0 Å². The van der Waals surface area contributed by atoms with Crippen LogP contribution in [0.15, 0.2) is 87.5 Å². The number of anilines is 2. The van der Waals surface area contributed by atoms with Crippen LogP contribution < -0.4 is 14.5 Å². The molecule has 1 aliphatic rings. The summed E-state index contributed by atoms with van der Waals surface area (Å²) in [5.41, 5.74) is 2.02. The van der Waals surface area contributed by atoms with Gasteiger partial charge in [0.2, 0.25) is 0 Å². The first-order valence-electron chi connectivity index (χ1n) is 11.8. The molecule has 1 heterocycles. The molecule has 0 aliphatic carbocycles. The lowest BCUT2D eigenvalue weighted by Crippen LogP contribution is -2.15. The lowest BCUT2D eigenvalue weighted by Gasteiger charge is -2.39. The van der Waals surface area contributed by atoms with Crippen LogP contribution >= 0.6 is 10.3 Å². The first-order valence-corrected chi connectivity index (χ1v) is 15.1. The predicted octanol–water partition coefficient (Wildman–Crippen LogP) is 5.51. The fourth-order valence-corrected chi connectivity index (χ4v) is 8.89. The number of hydrogen-bond acceptors (Lipinski definition) is 7. The van der Waals surface area contributed by atoms with E-state index < -0.39 is 20.4 Å². The number of benzene rings is 3. The van der Waals surface area contributed by atoms with Gasteiger partial charge in [-0.1, -0.05) is 0 Å². The van der Waals surface area contributed by atoms with Crippen LogP contribution in [0.3, 0.4) is 0 Å². The van der Waals surface area contributed by atoms with Crippen LogP contribution in [0.2, 0.25) is 0 Å². The number of hydrogen-bond donors (Lipinski definition) is 0. The van der Waals surface area contributed by atoms with Crippen molar-refractivity contribution in [3.63, 3.8) is 0 Å². The lowest BCUT2D eigenvalue weighted by atomic mass is 10.3. The second kappa shape index (κ2) is 10.7. The Kier molecular flexibility index (Phi) is 7.85. The van der Waals surface area contributed by atoms with Gasteiger partial charge in [0, 0.05) is 60.7 Å². The van der Waals surface area contributed by atoms with Crippen LogP contribution in [0.4, 0.5) is 11.4 Å². The van der Waals surface area contributed by atoms with Gasteiger partial charge in [-0.05, 0) is 89.5 Å². The molecule has 3 aromatic rings. The fourth-order valence-electron chi connectivity index (χ4n) is 4.09. The van der Waals surface area contributed by atoms with E-state index in [0.29, 0.717) is 12.4 Å². The maximum absolute atomic E-state index is 12.8. The van der Waals surface area contributed by atoms with E-state index in [9.17, 15) is 8.42 Å². The van der Waals surface area contributed by atoms with E-state index in [1.807, 2.05) is 111 Å². The molecule has 1 fully saturated rings. The molecule has 3 aromatic carbocycles. The van der Waals surface area contributed by atoms with Crippen molar-refractivity contribution in [3.8, 4) is 5.75 Å². The summed E-state index contributed by atoms with van der Waals surface area (Å²) in [6.07, 6.45) is 2.68. The molecule has 1 atom stereocenters. The lowest BCUT2D eigenvalue weighted by molar-refractivity contribution is -0.0390. The van der Waals surface area contributed by atoms with Crippen molar-refractivity contribution in [2.24, 2.45) is 0 Å². The minimum Gasteiger partial charge on any atom is -0.465 e. The zero-order chi connectivity index (χ0) is 25.9. The highest BCUT2D eigenvalue weighted by Crippen LogP contribution is 2.70. The molecule has 0 spiro atoms. The molecule has 0 N–H and O–H groups in total. The molecule has 1 aliphatic heterocycles. The van der Waals surface area contributed by atoms with Crippen LogP contribution in [0.25, 0.3) is 0 Å². The monoisotopic (exact) mass is 530 g/mol. The Bertz CT molecular complexity index is 1200. The van der Waals surface area contributed by atoms with Crippen molar-refractivity contribution in [1.82, 2.24) is 0 Å². The minimum absolute atomic E-state index is 0.252. The Morgan fingerprint density at radius 3 is 1.56 bits per heavy atom. The third-order valence-corrected chi connectivity index (χ3v) is 10.5. The first-order chi connectivity index (χ1) is 17.1. The smallest absolute Gasteiger partial charge is 0.274 e. The number of ether oxygens (including phenoxy) is 2. The van der Waals surface area contributed by atoms with Crippen LogP contribution in [0.1, 0.15) is 12.8 Å². The summed E-state index contributed by atoms with van der Waals surface area (Å²) in [7, 11) is 1.39. The van der Waals surface area contributed by atoms with Gasteiger partial charge >= 0.3 is 0 Å². The van der Waals surface area contributed by atoms with Crippen molar-refractivity contribution in [2.75, 3.05) is 50.9 Å². The van der Waals surface area contributed by atoms with E-state index in [1.54, 1.807) is 0 Å². The fraction of sp³-hybridized carbons (Fsp3) is 0.333.